The molecule has 1 aliphatic heterocycles. The zero-order chi connectivity index (χ0) is 10.5. The fourth-order valence-corrected chi connectivity index (χ4v) is 2.99. The van der Waals surface area contributed by atoms with Gasteiger partial charge >= 0.3 is 0 Å². The van der Waals surface area contributed by atoms with Crippen molar-refractivity contribution < 1.29 is 0 Å². The maximum Gasteiger partial charge on any atom is 0.0417 e. The van der Waals surface area contributed by atoms with Crippen molar-refractivity contribution in [2.45, 2.75) is 38.3 Å². The number of hydrogen-bond donors (Lipinski definition) is 2. The molecule has 1 fully saturated rings. The molecule has 2 heterocycles. The highest BCUT2D eigenvalue weighted by Gasteiger charge is 2.19. The molecule has 0 bridgehead atoms. The van der Waals surface area contributed by atoms with E-state index in [4.69, 9.17) is 0 Å². The third kappa shape index (κ3) is 3.03. The van der Waals surface area contributed by atoms with Crippen molar-refractivity contribution in [2.24, 2.45) is 0 Å². The molecule has 2 N–H and O–H groups in total. The van der Waals surface area contributed by atoms with Crippen molar-refractivity contribution in [2.75, 3.05) is 13.1 Å². The van der Waals surface area contributed by atoms with Gasteiger partial charge in [0.05, 0.1) is 0 Å². The van der Waals surface area contributed by atoms with Crippen molar-refractivity contribution in [3.63, 3.8) is 0 Å². The minimum Gasteiger partial charge on any atom is -0.315 e. The second-order valence-corrected chi connectivity index (χ2v) is 5.19. The first-order valence-electron chi connectivity index (χ1n) is 5.90. The van der Waals surface area contributed by atoms with Crippen LogP contribution in [0.1, 0.15) is 37.1 Å². The Morgan fingerprint density at radius 1 is 1.67 bits per heavy atom. The number of hydrogen-bond acceptors (Lipinski definition) is 3. The van der Waals surface area contributed by atoms with E-state index in [9.17, 15) is 0 Å². The summed E-state index contributed by atoms with van der Waals surface area (Å²) in [7, 11) is 0. The van der Waals surface area contributed by atoms with Gasteiger partial charge in [0.1, 0.15) is 0 Å². The lowest BCUT2D eigenvalue weighted by molar-refractivity contribution is 0.434. The lowest BCUT2D eigenvalue weighted by Crippen LogP contribution is -2.34. The van der Waals surface area contributed by atoms with Crippen molar-refractivity contribution in [3.8, 4) is 0 Å². The third-order valence-corrected chi connectivity index (χ3v) is 3.95. The molecule has 2 atom stereocenters. The molecule has 0 aliphatic carbocycles. The zero-order valence-corrected chi connectivity index (χ0v) is 10.1. The average molecular weight is 224 g/mol. The van der Waals surface area contributed by atoms with E-state index in [1.807, 2.05) is 11.3 Å². The molecule has 0 amide bonds. The van der Waals surface area contributed by atoms with E-state index >= 15 is 0 Å². The highest BCUT2D eigenvalue weighted by Crippen LogP contribution is 2.24. The van der Waals surface area contributed by atoms with Gasteiger partial charge in [-0.3, -0.25) is 0 Å². The van der Waals surface area contributed by atoms with Gasteiger partial charge in [-0.1, -0.05) is 19.4 Å². The van der Waals surface area contributed by atoms with Gasteiger partial charge in [-0.15, -0.1) is 11.3 Å². The Morgan fingerprint density at radius 3 is 3.20 bits per heavy atom. The quantitative estimate of drug-likeness (QED) is 0.803. The summed E-state index contributed by atoms with van der Waals surface area (Å²) in [4.78, 5) is 1.49. The maximum absolute atomic E-state index is 3.77. The van der Waals surface area contributed by atoms with Crippen LogP contribution in [0.4, 0.5) is 0 Å². The van der Waals surface area contributed by atoms with E-state index in [1.165, 1.54) is 30.7 Å². The van der Waals surface area contributed by atoms with Gasteiger partial charge in [0, 0.05) is 23.5 Å². The summed E-state index contributed by atoms with van der Waals surface area (Å²) in [5.41, 5.74) is 0. The molecule has 84 valence electrons. The Morgan fingerprint density at radius 2 is 2.60 bits per heavy atom. The van der Waals surface area contributed by atoms with Gasteiger partial charge in [0.2, 0.25) is 0 Å². The monoisotopic (exact) mass is 224 g/mol. The molecular weight excluding hydrogens is 204 g/mol. The molecule has 0 aromatic carbocycles. The van der Waals surface area contributed by atoms with E-state index < -0.39 is 0 Å². The van der Waals surface area contributed by atoms with Gasteiger partial charge < -0.3 is 10.6 Å². The number of rotatable bonds is 5. The summed E-state index contributed by atoms with van der Waals surface area (Å²) in [6, 6.07) is 5.64. The van der Waals surface area contributed by atoms with Gasteiger partial charge in [-0.25, -0.2) is 0 Å². The Hall–Kier alpha value is -0.380. The Balaban J connectivity index is 1.93. The fraction of sp³-hybridized carbons (Fsp3) is 0.667. The first-order chi connectivity index (χ1) is 7.40. The minimum atomic E-state index is 0.569. The predicted molar refractivity (Wildman–Crippen MR) is 66.4 cm³/mol. The van der Waals surface area contributed by atoms with Crippen LogP contribution in [-0.2, 0) is 0 Å². The lowest BCUT2D eigenvalue weighted by atomic mass is 10.1. The van der Waals surface area contributed by atoms with Gasteiger partial charge in [-0.2, -0.15) is 0 Å². The molecule has 1 saturated heterocycles. The lowest BCUT2D eigenvalue weighted by Gasteiger charge is -2.21. The Kier molecular flexibility index (Phi) is 4.18. The summed E-state index contributed by atoms with van der Waals surface area (Å²) in [6.45, 7) is 4.56. The molecule has 3 heteroatoms. The number of thiophene rings is 1. The van der Waals surface area contributed by atoms with Crippen LogP contribution >= 0.6 is 11.3 Å². The summed E-state index contributed by atoms with van der Waals surface area (Å²) in [6.07, 6.45) is 3.76. The van der Waals surface area contributed by atoms with Gasteiger partial charge in [0.25, 0.3) is 0 Å². The van der Waals surface area contributed by atoms with Gasteiger partial charge in [0.15, 0.2) is 0 Å². The fourth-order valence-electron chi connectivity index (χ4n) is 2.17. The normalized spacial score (nSPS) is 23.1. The van der Waals surface area contributed by atoms with Crippen LogP contribution in [0.3, 0.4) is 0 Å². The van der Waals surface area contributed by atoms with E-state index in [0.29, 0.717) is 12.1 Å². The molecule has 15 heavy (non-hydrogen) atoms. The molecule has 0 spiro atoms. The van der Waals surface area contributed by atoms with Crippen LogP contribution in [0.5, 0.6) is 0 Å². The van der Waals surface area contributed by atoms with E-state index in [1.54, 1.807) is 0 Å². The molecule has 1 aromatic heterocycles. The van der Waals surface area contributed by atoms with E-state index in [0.717, 1.165) is 6.54 Å². The molecule has 2 nitrogen and oxygen atoms in total. The van der Waals surface area contributed by atoms with Gasteiger partial charge in [-0.05, 0) is 30.8 Å². The standard InChI is InChI=1S/C12H20N2S/c1-2-4-11(12-5-3-8-15-12)14-10-6-7-13-9-10/h3,5,8,10-11,13-14H,2,4,6-7,9H2,1H3. The van der Waals surface area contributed by atoms with Crippen LogP contribution in [-0.4, -0.2) is 19.1 Å². The van der Waals surface area contributed by atoms with Crippen LogP contribution in [0.15, 0.2) is 17.5 Å². The van der Waals surface area contributed by atoms with Crippen LogP contribution in [0, 0.1) is 0 Å². The van der Waals surface area contributed by atoms with Crippen LogP contribution in [0.25, 0.3) is 0 Å². The summed E-state index contributed by atoms with van der Waals surface area (Å²) < 4.78 is 0. The molecule has 0 saturated carbocycles. The molecule has 2 rings (SSSR count). The highest BCUT2D eigenvalue weighted by molar-refractivity contribution is 7.10. The van der Waals surface area contributed by atoms with Crippen molar-refractivity contribution in [1.82, 2.24) is 10.6 Å². The second kappa shape index (κ2) is 5.64. The Labute approximate surface area is 96.1 Å². The Bertz CT molecular complexity index is 265. The molecule has 0 radical (unpaired) electrons. The topological polar surface area (TPSA) is 24.1 Å². The first-order valence-corrected chi connectivity index (χ1v) is 6.78. The van der Waals surface area contributed by atoms with E-state index in [-0.39, 0.29) is 0 Å². The third-order valence-electron chi connectivity index (χ3n) is 2.96. The highest BCUT2D eigenvalue weighted by atomic mass is 32.1. The summed E-state index contributed by atoms with van der Waals surface area (Å²) >= 11 is 1.87. The van der Waals surface area contributed by atoms with Crippen molar-refractivity contribution in [3.05, 3.63) is 22.4 Å². The average Bonchev–Trinajstić information content (AvgIpc) is 2.89. The SMILES string of the molecule is CCCC(NC1CCNC1)c1cccs1. The van der Waals surface area contributed by atoms with Crippen molar-refractivity contribution in [1.29, 1.82) is 0 Å². The number of nitrogens with one attached hydrogen (secondary N) is 2. The zero-order valence-electron chi connectivity index (χ0n) is 9.33. The predicted octanol–water partition coefficient (Wildman–Crippen LogP) is 2.54. The van der Waals surface area contributed by atoms with Crippen molar-refractivity contribution >= 4 is 11.3 Å². The minimum absolute atomic E-state index is 0.569. The van der Waals surface area contributed by atoms with E-state index in [2.05, 4.69) is 35.1 Å². The molecule has 1 aliphatic rings. The largest absolute Gasteiger partial charge is 0.315 e. The second-order valence-electron chi connectivity index (χ2n) is 4.21. The smallest absolute Gasteiger partial charge is 0.0417 e. The van der Waals surface area contributed by atoms with Crippen LogP contribution < -0.4 is 10.6 Å². The molecular formula is C12H20N2S. The molecule has 1 aromatic rings. The summed E-state index contributed by atoms with van der Waals surface area (Å²) in [5.74, 6) is 0. The summed E-state index contributed by atoms with van der Waals surface area (Å²) in [5, 5.41) is 9.35. The maximum atomic E-state index is 3.77. The molecule has 2 unspecified atom stereocenters. The first kappa shape index (κ1) is 11.1. The van der Waals surface area contributed by atoms with Crippen LogP contribution in [0.2, 0.25) is 0 Å².